The van der Waals surface area contributed by atoms with Gasteiger partial charge < -0.3 is 24.2 Å². The Morgan fingerprint density at radius 3 is 2.60 bits per heavy atom. The number of methoxy groups -OCH3 is 3. The lowest BCUT2D eigenvalue weighted by Gasteiger charge is -2.57. The second kappa shape index (κ2) is 12.5. The van der Waals surface area contributed by atoms with Crippen molar-refractivity contribution >= 4 is 33.7 Å². The van der Waals surface area contributed by atoms with E-state index in [0.29, 0.717) is 11.8 Å². The molecule has 2 aromatic carbocycles. The van der Waals surface area contributed by atoms with Crippen LogP contribution in [-0.4, -0.2) is 91.8 Å². The molecule has 3 saturated heterocycles. The van der Waals surface area contributed by atoms with E-state index in [1.807, 2.05) is 0 Å². The molecule has 4 aromatic rings. The molecule has 6 heterocycles. The first-order valence-corrected chi connectivity index (χ1v) is 19.3. The number of carbonyl (C=O) groups is 2. The number of piperidine rings is 3. The van der Waals surface area contributed by atoms with E-state index in [9.17, 15) is 9.59 Å². The average molecular weight is 705 g/mol. The lowest BCUT2D eigenvalue weighted by atomic mass is 9.56. The Hall–Kier alpha value is -4.08. The number of hydrogen-bond donors (Lipinski definition) is 2. The monoisotopic (exact) mass is 704 g/mol. The fourth-order valence-electron chi connectivity index (χ4n) is 12.1. The predicted molar refractivity (Wildman–Crippen MR) is 202 cm³/mol. The minimum atomic E-state index is -0.725. The van der Waals surface area contributed by atoms with Gasteiger partial charge >= 0.3 is 11.9 Å². The first kappa shape index (κ1) is 33.7. The fraction of sp³-hybridized carbons (Fsp3) is 0.535. The zero-order chi connectivity index (χ0) is 36.1. The van der Waals surface area contributed by atoms with Gasteiger partial charge in [-0.25, -0.2) is 0 Å². The summed E-state index contributed by atoms with van der Waals surface area (Å²) >= 11 is 0. The molecule has 9 heteroatoms. The maximum absolute atomic E-state index is 14.2. The van der Waals surface area contributed by atoms with Gasteiger partial charge in [-0.1, -0.05) is 43.2 Å². The lowest BCUT2D eigenvalue weighted by Crippen LogP contribution is -2.67. The number of rotatable bonds is 5. The molecule has 9 nitrogen and oxygen atoms in total. The van der Waals surface area contributed by atoms with E-state index in [0.717, 1.165) is 85.2 Å². The maximum atomic E-state index is 14.2. The molecular formula is C43H52N4O5. The number of likely N-dealkylation sites (tertiary alicyclic amines) is 1. The largest absolute Gasteiger partial charge is 0.496 e. The van der Waals surface area contributed by atoms with Gasteiger partial charge in [0.2, 0.25) is 0 Å². The smallest absolute Gasteiger partial charge is 0.319 e. The quantitative estimate of drug-likeness (QED) is 0.181. The Morgan fingerprint density at radius 1 is 1.02 bits per heavy atom. The number of H-pyrrole nitrogens is 2. The molecule has 6 aliphatic rings. The summed E-state index contributed by atoms with van der Waals surface area (Å²) in [6.45, 7) is 7.17. The summed E-state index contributed by atoms with van der Waals surface area (Å²) in [5, 5.41) is 2.36. The number of ether oxygens (including phenoxy) is 3. The predicted octanol–water partition coefficient (Wildman–Crippen LogP) is 6.49. The first-order chi connectivity index (χ1) is 25.3. The SMILES string of the molecule is C/C=C1/CN(C)C2Cc3c([nH]c4ccccc34)C(c3cc4c5c([nH]c4cc3OC)C3(C(=O)OC)CC4CC(CC)C3N(CC5)C4)CC1C2C(=O)OC. The minimum Gasteiger partial charge on any atom is -0.496 e. The zero-order valence-corrected chi connectivity index (χ0v) is 31.4. The van der Waals surface area contributed by atoms with Gasteiger partial charge in [-0.2, -0.15) is 0 Å². The second-order valence-electron chi connectivity index (χ2n) is 16.3. The van der Waals surface area contributed by atoms with E-state index in [1.165, 1.54) is 41.3 Å². The Kier molecular flexibility index (Phi) is 8.12. The number of carbonyl (C=O) groups excluding carboxylic acids is 2. The molecule has 274 valence electrons. The zero-order valence-electron chi connectivity index (χ0n) is 31.4. The van der Waals surface area contributed by atoms with E-state index < -0.39 is 5.41 Å². The van der Waals surface area contributed by atoms with Crippen LogP contribution >= 0.6 is 0 Å². The van der Waals surface area contributed by atoms with Crippen molar-refractivity contribution in [3.63, 3.8) is 0 Å². The number of nitrogens with one attached hydrogen (secondary N) is 2. The Morgan fingerprint density at radius 2 is 1.85 bits per heavy atom. The molecule has 2 N–H and O–H groups in total. The molecule has 1 saturated carbocycles. The minimum absolute atomic E-state index is 0.00289. The van der Waals surface area contributed by atoms with E-state index in [1.54, 1.807) is 14.2 Å². The molecule has 52 heavy (non-hydrogen) atoms. The number of hydrogen-bond acceptors (Lipinski definition) is 7. The molecule has 6 bridgehead atoms. The highest BCUT2D eigenvalue weighted by atomic mass is 16.5. The number of likely N-dealkylation sites (N-methyl/N-ethyl adjacent to an activating group) is 1. The van der Waals surface area contributed by atoms with Crippen molar-refractivity contribution in [3.8, 4) is 5.75 Å². The van der Waals surface area contributed by atoms with Crippen molar-refractivity contribution in [1.82, 2.24) is 19.8 Å². The van der Waals surface area contributed by atoms with Gasteiger partial charge in [-0.15, -0.1) is 0 Å². The van der Waals surface area contributed by atoms with Gasteiger partial charge in [0.15, 0.2) is 0 Å². The Bertz CT molecular complexity index is 2110. The van der Waals surface area contributed by atoms with Crippen molar-refractivity contribution in [2.75, 3.05) is 48.0 Å². The van der Waals surface area contributed by atoms with Gasteiger partial charge in [0.1, 0.15) is 11.2 Å². The standard InChI is InChI=1S/C43H52N4O5/c1-7-24-15-23-20-43(42(49)52-6)39-27(13-14-47(21-23)40(24)43)29-17-30(36(50-4)19-34(29)45-39)31-16-28-25(8-2)22-46(3)35(37(28)41(48)51-5)18-32-26-11-9-10-12-33(26)44-38(31)32/h8-12,17,19,23-24,28,31,35,37,40,44-45H,7,13-16,18,20-22H2,1-6H3/b25-8-. The summed E-state index contributed by atoms with van der Waals surface area (Å²) < 4.78 is 17.6. The van der Waals surface area contributed by atoms with Gasteiger partial charge in [-0.05, 0) is 87.1 Å². The molecule has 4 fully saturated rings. The van der Waals surface area contributed by atoms with Crippen LogP contribution in [0.15, 0.2) is 48.0 Å². The van der Waals surface area contributed by atoms with Gasteiger partial charge in [0.05, 0.1) is 27.2 Å². The summed E-state index contributed by atoms with van der Waals surface area (Å²) in [7, 11) is 6.98. The molecule has 2 aromatic heterocycles. The molecular weight excluding hydrogens is 652 g/mol. The highest BCUT2D eigenvalue weighted by molar-refractivity contribution is 5.93. The fourth-order valence-corrected chi connectivity index (χ4v) is 12.1. The molecule has 0 amide bonds. The van der Waals surface area contributed by atoms with Crippen LogP contribution in [0.3, 0.4) is 0 Å². The molecule has 2 aliphatic carbocycles. The molecule has 10 rings (SSSR count). The molecule has 4 aliphatic heterocycles. The van der Waals surface area contributed by atoms with Crippen molar-refractivity contribution < 1.29 is 23.8 Å². The van der Waals surface area contributed by atoms with Crippen molar-refractivity contribution in [2.24, 2.45) is 23.7 Å². The number of nitrogens with zero attached hydrogens (tertiary/aromatic N) is 2. The molecule has 0 spiro atoms. The molecule has 9 atom stereocenters. The third-order valence-electron chi connectivity index (χ3n) is 14.1. The number of benzene rings is 2. The van der Waals surface area contributed by atoms with Gasteiger partial charge in [0, 0.05) is 82.5 Å². The van der Waals surface area contributed by atoms with Crippen molar-refractivity contribution in [1.29, 1.82) is 0 Å². The van der Waals surface area contributed by atoms with Crippen LogP contribution in [0, 0.1) is 23.7 Å². The number of allylic oxidation sites excluding steroid dienone is 1. The van der Waals surface area contributed by atoms with Crippen LogP contribution in [0.25, 0.3) is 21.8 Å². The normalized spacial score (nSPS) is 33.2. The summed E-state index contributed by atoms with van der Waals surface area (Å²) in [5.41, 5.74) is 8.50. The van der Waals surface area contributed by atoms with Crippen LogP contribution < -0.4 is 4.74 Å². The summed E-state index contributed by atoms with van der Waals surface area (Å²) in [6.07, 6.45) is 7.60. The highest BCUT2D eigenvalue weighted by Crippen LogP contribution is 2.56. The second-order valence-corrected chi connectivity index (χ2v) is 16.3. The topological polar surface area (TPSA) is 99.9 Å². The van der Waals surface area contributed by atoms with E-state index >= 15 is 0 Å². The summed E-state index contributed by atoms with van der Waals surface area (Å²) in [6, 6.07) is 13.2. The van der Waals surface area contributed by atoms with E-state index in [2.05, 4.69) is 83.1 Å². The Labute approximate surface area is 306 Å². The van der Waals surface area contributed by atoms with Crippen LogP contribution in [0.4, 0.5) is 0 Å². The number of esters is 2. The highest BCUT2D eigenvalue weighted by Gasteiger charge is 2.62. The molecule has 0 radical (unpaired) electrons. The average Bonchev–Trinajstić information content (AvgIpc) is 3.69. The number of aromatic amines is 2. The van der Waals surface area contributed by atoms with Crippen molar-refractivity contribution in [2.45, 2.75) is 75.8 Å². The lowest BCUT2D eigenvalue weighted by molar-refractivity contribution is -0.162. The first-order valence-electron chi connectivity index (χ1n) is 19.3. The summed E-state index contributed by atoms with van der Waals surface area (Å²) in [5.74, 6) is 1.10. The van der Waals surface area contributed by atoms with Crippen LogP contribution in [0.5, 0.6) is 5.75 Å². The maximum Gasteiger partial charge on any atom is 0.319 e. The number of aromatic nitrogens is 2. The van der Waals surface area contributed by atoms with Crippen LogP contribution in [0.2, 0.25) is 0 Å². The summed E-state index contributed by atoms with van der Waals surface area (Å²) in [4.78, 5) is 40.7. The number of fused-ring (bicyclic) bond motifs is 9. The van der Waals surface area contributed by atoms with Gasteiger partial charge in [-0.3, -0.25) is 19.4 Å². The number of para-hydroxylation sites is 1. The van der Waals surface area contributed by atoms with Crippen LogP contribution in [0.1, 0.15) is 73.5 Å². The third kappa shape index (κ3) is 4.67. The van der Waals surface area contributed by atoms with E-state index in [-0.39, 0.29) is 41.8 Å². The van der Waals surface area contributed by atoms with Crippen molar-refractivity contribution in [3.05, 3.63) is 76.1 Å². The molecule has 9 unspecified atom stereocenters. The Balaban J connectivity index is 1.28. The van der Waals surface area contributed by atoms with E-state index in [4.69, 9.17) is 14.2 Å². The van der Waals surface area contributed by atoms with Crippen LogP contribution in [-0.2, 0) is 37.3 Å². The van der Waals surface area contributed by atoms with Gasteiger partial charge in [0.25, 0.3) is 0 Å². The third-order valence-corrected chi connectivity index (χ3v) is 14.1.